The summed E-state index contributed by atoms with van der Waals surface area (Å²) < 4.78 is 5.74. The van der Waals surface area contributed by atoms with E-state index in [2.05, 4.69) is 20.8 Å². The van der Waals surface area contributed by atoms with Gasteiger partial charge < -0.3 is 9.84 Å². The first-order valence-electron chi connectivity index (χ1n) is 7.54. The van der Waals surface area contributed by atoms with Crippen molar-refractivity contribution < 1.29 is 19.4 Å². The molecule has 120 valence electrons. The first-order chi connectivity index (χ1) is 10.2. The number of carboxylic acid groups (broad SMARTS) is 1. The summed E-state index contributed by atoms with van der Waals surface area (Å²) in [4.78, 5) is 25.3. The van der Waals surface area contributed by atoms with Crippen molar-refractivity contribution in [3.8, 4) is 5.75 Å². The van der Waals surface area contributed by atoms with Gasteiger partial charge in [0, 0.05) is 0 Å². The lowest BCUT2D eigenvalue weighted by Gasteiger charge is -2.37. The number of aliphatic carboxylic acids is 1. The van der Waals surface area contributed by atoms with Crippen molar-refractivity contribution in [3.05, 3.63) is 23.8 Å². The van der Waals surface area contributed by atoms with Crippen molar-refractivity contribution in [2.45, 2.75) is 58.6 Å². The number of ether oxygens (including phenoxy) is 1. The molecule has 2 rings (SSSR count). The highest BCUT2D eigenvalue weighted by atomic mass is 16.5. The van der Waals surface area contributed by atoms with E-state index in [-0.39, 0.29) is 11.3 Å². The van der Waals surface area contributed by atoms with E-state index < -0.39 is 18.1 Å². The average molecular weight is 305 g/mol. The molecular formula is C17H23NO4. The summed E-state index contributed by atoms with van der Waals surface area (Å²) in [6.07, 6.45) is -0.128. The summed E-state index contributed by atoms with van der Waals surface area (Å²) in [6, 6.07) is 4.72. The number of amides is 1. The third kappa shape index (κ3) is 2.80. The predicted molar refractivity (Wildman–Crippen MR) is 84.4 cm³/mol. The van der Waals surface area contributed by atoms with Gasteiger partial charge in [0.1, 0.15) is 11.8 Å². The van der Waals surface area contributed by atoms with Crippen LogP contribution >= 0.6 is 0 Å². The molecule has 0 aliphatic carbocycles. The van der Waals surface area contributed by atoms with Gasteiger partial charge in [-0.1, -0.05) is 33.8 Å². The molecule has 1 heterocycles. The number of fused-ring (bicyclic) bond motifs is 1. The molecule has 1 aliphatic rings. The van der Waals surface area contributed by atoms with Crippen LogP contribution in [0.5, 0.6) is 5.75 Å². The SMILES string of the molecule is CCC1Oc2ccc(C(C)(C)C)cc2N(C(C)C(=O)O)C1=O. The van der Waals surface area contributed by atoms with Crippen LogP contribution in [0.25, 0.3) is 0 Å². The number of benzene rings is 1. The molecule has 5 heteroatoms. The maximum Gasteiger partial charge on any atom is 0.326 e. The van der Waals surface area contributed by atoms with Crippen molar-refractivity contribution in [3.63, 3.8) is 0 Å². The number of anilines is 1. The maximum atomic E-state index is 12.6. The van der Waals surface area contributed by atoms with Gasteiger partial charge in [-0.2, -0.15) is 0 Å². The minimum Gasteiger partial charge on any atom is -0.480 e. The summed E-state index contributed by atoms with van der Waals surface area (Å²) in [7, 11) is 0. The number of carbonyl (C=O) groups is 2. The minimum atomic E-state index is -1.03. The van der Waals surface area contributed by atoms with E-state index in [0.29, 0.717) is 17.9 Å². The predicted octanol–water partition coefficient (Wildman–Crippen LogP) is 2.96. The molecule has 0 saturated carbocycles. The van der Waals surface area contributed by atoms with Gasteiger partial charge in [-0.15, -0.1) is 0 Å². The fourth-order valence-electron chi connectivity index (χ4n) is 2.52. The third-order valence-electron chi connectivity index (χ3n) is 3.98. The third-order valence-corrected chi connectivity index (χ3v) is 3.98. The Morgan fingerprint density at radius 1 is 1.41 bits per heavy atom. The molecule has 2 atom stereocenters. The fourth-order valence-corrected chi connectivity index (χ4v) is 2.52. The molecule has 2 unspecified atom stereocenters. The van der Waals surface area contributed by atoms with Crippen LogP contribution in [0.3, 0.4) is 0 Å². The van der Waals surface area contributed by atoms with Gasteiger partial charge in [-0.3, -0.25) is 9.69 Å². The van der Waals surface area contributed by atoms with E-state index >= 15 is 0 Å². The van der Waals surface area contributed by atoms with E-state index in [4.69, 9.17) is 4.74 Å². The number of nitrogens with zero attached hydrogens (tertiary/aromatic N) is 1. The zero-order valence-electron chi connectivity index (χ0n) is 13.7. The molecule has 1 aromatic rings. The lowest BCUT2D eigenvalue weighted by Crippen LogP contribution is -2.52. The number of carbonyl (C=O) groups excluding carboxylic acids is 1. The van der Waals surface area contributed by atoms with E-state index in [9.17, 15) is 14.7 Å². The Bertz CT molecular complexity index is 603. The summed E-state index contributed by atoms with van der Waals surface area (Å²) in [6.45, 7) is 9.58. The van der Waals surface area contributed by atoms with Crippen LogP contribution in [0.4, 0.5) is 5.69 Å². The Morgan fingerprint density at radius 2 is 2.05 bits per heavy atom. The molecular weight excluding hydrogens is 282 g/mol. The van der Waals surface area contributed by atoms with Crippen LogP contribution in [0.1, 0.15) is 46.6 Å². The topological polar surface area (TPSA) is 66.8 Å². The largest absolute Gasteiger partial charge is 0.480 e. The lowest BCUT2D eigenvalue weighted by molar-refractivity contribution is -0.140. The molecule has 22 heavy (non-hydrogen) atoms. The molecule has 5 nitrogen and oxygen atoms in total. The summed E-state index contributed by atoms with van der Waals surface area (Å²) >= 11 is 0. The van der Waals surface area contributed by atoms with Gasteiger partial charge in [0.05, 0.1) is 5.69 Å². The number of carboxylic acids is 1. The molecule has 0 aromatic heterocycles. The minimum absolute atomic E-state index is 0.0994. The molecule has 0 saturated heterocycles. The Labute approximate surface area is 130 Å². The smallest absolute Gasteiger partial charge is 0.326 e. The van der Waals surface area contributed by atoms with Crippen LogP contribution in [-0.2, 0) is 15.0 Å². The molecule has 1 N–H and O–H groups in total. The van der Waals surface area contributed by atoms with Crippen LogP contribution in [-0.4, -0.2) is 29.1 Å². The Kier molecular flexibility index (Phi) is 4.18. The van der Waals surface area contributed by atoms with Crippen molar-refractivity contribution in [1.29, 1.82) is 0 Å². The molecule has 0 spiro atoms. The number of hydrogen-bond acceptors (Lipinski definition) is 3. The second-order valence-corrected chi connectivity index (χ2v) is 6.67. The van der Waals surface area contributed by atoms with Gasteiger partial charge in [0.15, 0.2) is 6.10 Å². The highest BCUT2D eigenvalue weighted by Crippen LogP contribution is 2.39. The lowest BCUT2D eigenvalue weighted by atomic mass is 9.86. The van der Waals surface area contributed by atoms with Gasteiger partial charge in [0.25, 0.3) is 5.91 Å². The zero-order valence-corrected chi connectivity index (χ0v) is 13.7. The first-order valence-corrected chi connectivity index (χ1v) is 7.54. The molecule has 1 aromatic carbocycles. The second kappa shape index (κ2) is 5.63. The van der Waals surface area contributed by atoms with Gasteiger partial charge in [-0.25, -0.2) is 4.79 Å². The van der Waals surface area contributed by atoms with Gasteiger partial charge in [0.2, 0.25) is 0 Å². The normalized spacial score (nSPS) is 19.4. The quantitative estimate of drug-likeness (QED) is 0.932. The summed E-state index contributed by atoms with van der Waals surface area (Å²) in [5, 5.41) is 9.33. The van der Waals surface area contributed by atoms with Crippen molar-refractivity contribution in [2.75, 3.05) is 4.90 Å². The van der Waals surface area contributed by atoms with Crippen LogP contribution < -0.4 is 9.64 Å². The first kappa shape index (κ1) is 16.3. The number of rotatable bonds is 3. The fraction of sp³-hybridized carbons (Fsp3) is 0.529. The van der Waals surface area contributed by atoms with E-state index in [0.717, 1.165) is 5.56 Å². The Balaban J connectivity index is 2.58. The van der Waals surface area contributed by atoms with Crippen LogP contribution in [0.2, 0.25) is 0 Å². The summed E-state index contributed by atoms with van der Waals surface area (Å²) in [5.41, 5.74) is 1.47. The Hall–Kier alpha value is -2.04. The van der Waals surface area contributed by atoms with E-state index in [1.807, 2.05) is 25.1 Å². The molecule has 1 aliphatic heterocycles. The highest BCUT2D eigenvalue weighted by Gasteiger charge is 2.38. The number of hydrogen-bond donors (Lipinski definition) is 1. The second-order valence-electron chi connectivity index (χ2n) is 6.67. The van der Waals surface area contributed by atoms with E-state index in [1.54, 1.807) is 0 Å². The summed E-state index contributed by atoms with van der Waals surface area (Å²) in [5.74, 6) is -0.763. The van der Waals surface area contributed by atoms with Crippen molar-refractivity contribution in [2.24, 2.45) is 0 Å². The average Bonchev–Trinajstić information content (AvgIpc) is 2.44. The van der Waals surface area contributed by atoms with E-state index in [1.165, 1.54) is 11.8 Å². The standard InChI is InChI=1S/C17H23NO4/c1-6-13-15(19)18(10(2)16(20)21)12-9-11(17(3,4)5)7-8-14(12)22-13/h7-10,13H,6H2,1-5H3,(H,20,21). The molecule has 0 bridgehead atoms. The monoisotopic (exact) mass is 305 g/mol. The molecule has 1 amide bonds. The van der Waals surface area contributed by atoms with Gasteiger partial charge >= 0.3 is 5.97 Å². The zero-order chi connectivity index (χ0) is 16.7. The highest BCUT2D eigenvalue weighted by molar-refractivity contribution is 6.04. The molecule has 0 radical (unpaired) electrons. The Morgan fingerprint density at radius 3 is 2.55 bits per heavy atom. The van der Waals surface area contributed by atoms with Crippen molar-refractivity contribution in [1.82, 2.24) is 0 Å². The van der Waals surface area contributed by atoms with Gasteiger partial charge in [-0.05, 0) is 36.5 Å². The van der Waals surface area contributed by atoms with Crippen molar-refractivity contribution >= 4 is 17.6 Å². The maximum absolute atomic E-state index is 12.6. The van der Waals surface area contributed by atoms with Crippen LogP contribution in [0.15, 0.2) is 18.2 Å². The molecule has 0 fully saturated rings. The van der Waals surface area contributed by atoms with Crippen LogP contribution in [0, 0.1) is 0 Å².